The van der Waals surface area contributed by atoms with Gasteiger partial charge in [-0.3, -0.25) is 0 Å². The molecule has 2 nitrogen and oxygen atoms in total. The maximum Gasteiger partial charge on any atom is 0.143 e. The molecular formula is C15H22BrNO. The largest absolute Gasteiger partial charge is 0.495 e. The Morgan fingerprint density at radius 2 is 2.17 bits per heavy atom. The van der Waals surface area contributed by atoms with E-state index >= 15 is 0 Å². The van der Waals surface area contributed by atoms with Crippen molar-refractivity contribution in [1.82, 2.24) is 0 Å². The maximum atomic E-state index is 5.46. The summed E-state index contributed by atoms with van der Waals surface area (Å²) >= 11 is 3.51. The second-order valence-electron chi connectivity index (χ2n) is 5.38. The quantitative estimate of drug-likeness (QED) is 0.846. The highest BCUT2D eigenvalue weighted by molar-refractivity contribution is 9.10. The first-order chi connectivity index (χ1) is 8.60. The average molecular weight is 312 g/mol. The summed E-state index contributed by atoms with van der Waals surface area (Å²) in [7, 11) is 1.73. The van der Waals surface area contributed by atoms with Crippen molar-refractivity contribution in [3.05, 3.63) is 22.2 Å². The van der Waals surface area contributed by atoms with Crippen LogP contribution < -0.4 is 10.1 Å². The highest BCUT2D eigenvalue weighted by Gasteiger charge is 2.20. The van der Waals surface area contributed by atoms with Crippen LogP contribution in [0.4, 0.5) is 5.69 Å². The Hall–Kier alpha value is -0.700. The molecule has 1 aliphatic carbocycles. The zero-order chi connectivity index (χ0) is 13.1. The van der Waals surface area contributed by atoms with Crippen LogP contribution in [0.2, 0.25) is 0 Å². The molecule has 0 saturated heterocycles. The molecule has 1 fully saturated rings. The molecule has 0 aliphatic heterocycles. The van der Waals surface area contributed by atoms with Gasteiger partial charge in [-0.05, 0) is 43.9 Å². The van der Waals surface area contributed by atoms with Crippen LogP contribution in [0.25, 0.3) is 0 Å². The van der Waals surface area contributed by atoms with Gasteiger partial charge in [0.25, 0.3) is 0 Å². The van der Waals surface area contributed by atoms with Gasteiger partial charge < -0.3 is 10.1 Å². The van der Waals surface area contributed by atoms with Crippen molar-refractivity contribution in [2.24, 2.45) is 5.92 Å². The third-order valence-electron chi connectivity index (χ3n) is 3.79. The molecule has 1 aromatic carbocycles. The predicted molar refractivity (Wildman–Crippen MR) is 80.5 cm³/mol. The number of hydrogen-bond acceptors (Lipinski definition) is 2. The summed E-state index contributed by atoms with van der Waals surface area (Å²) in [5.74, 6) is 1.84. The van der Waals surface area contributed by atoms with Crippen LogP contribution in [0, 0.1) is 12.8 Å². The summed E-state index contributed by atoms with van der Waals surface area (Å²) in [6.07, 6.45) is 5.49. The molecule has 0 radical (unpaired) electrons. The number of hydrogen-bond donors (Lipinski definition) is 1. The van der Waals surface area contributed by atoms with E-state index in [0.29, 0.717) is 6.04 Å². The van der Waals surface area contributed by atoms with Crippen molar-refractivity contribution in [3.63, 3.8) is 0 Å². The molecule has 0 heterocycles. The van der Waals surface area contributed by atoms with Crippen LogP contribution in [-0.2, 0) is 0 Å². The average Bonchev–Trinajstić information content (AvgIpc) is 2.27. The number of nitrogens with one attached hydrogen (secondary N) is 1. The van der Waals surface area contributed by atoms with Crippen LogP contribution in [0.5, 0.6) is 5.75 Å². The summed E-state index contributed by atoms with van der Waals surface area (Å²) in [6, 6.07) is 4.65. The van der Waals surface area contributed by atoms with Crippen molar-refractivity contribution in [1.29, 1.82) is 0 Å². The first kappa shape index (κ1) is 13.7. The van der Waals surface area contributed by atoms with Gasteiger partial charge in [-0.1, -0.05) is 35.2 Å². The molecule has 1 saturated carbocycles. The fraction of sp³-hybridized carbons (Fsp3) is 0.600. The van der Waals surface area contributed by atoms with E-state index in [1.165, 1.54) is 31.2 Å². The van der Waals surface area contributed by atoms with Crippen molar-refractivity contribution < 1.29 is 4.74 Å². The molecule has 18 heavy (non-hydrogen) atoms. The van der Waals surface area contributed by atoms with Gasteiger partial charge in [0.05, 0.1) is 12.8 Å². The topological polar surface area (TPSA) is 21.3 Å². The lowest BCUT2D eigenvalue weighted by molar-refractivity contribution is 0.285. The summed E-state index contributed by atoms with van der Waals surface area (Å²) in [5.41, 5.74) is 2.36. The van der Waals surface area contributed by atoms with Crippen molar-refractivity contribution in [3.8, 4) is 5.75 Å². The van der Waals surface area contributed by atoms with E-state index in [2.05, 4.69) is 41.2 Å². The lowest BCUT2D eigenvalue weighted by Gasteiger charge is -2.29. The zero-order valence-corrected chi connectivity index (χ0v) is 13.0. The lowest BCUT2D eigenvalue weighted by atomic mass is 9.81. The number of aryl methyl sites for hydroxylation is 1. The molecular weight excluding hydrogens is 290 g/mol. The second kappa shape index (κ2) is 5.96. The van der Waals surface area contributed by atoms with Crippen molar-refractivity contribution >= 4 is 21.6 Å². The maximum absolute atomic E-state index is 5.46. The monoisotopic (exact) mass is 311 g/mol. The Labute approximate surface area is 118 Å². The van der Waals surface area contributed by atoms with E-state index in [1.807, 2.05) is 6.07 Å². The zero-order valence-electron chi connectivity index (χ0n) is 11.4. The summed E-state index contributed by atoms with van der Waals surface area (Å²) in [5, 5.41) is 3.61. The first-order valence-electron chi connectivity index (χ1n) is 6.71. The molecule has 1 aromatic rings. The van der Waals surface area contributed by atoms with Crippen molar-refractivity contribution in [2.75, 3.05) is 12.4 Å². The predicted octanol–water partition coefficient (Wildman–Crippen LogP) is 4.76. The van der Waals surface area contributed by atoms with E-state index in [9.17, 15) is 0 Å². The highest BCUT2D eigenvalue weighted by Crippen LogP contribution is 2.35. The minimum atomic E-state index is 0.504. The Kier molecular flexibility index (Phi) is 4.55. The van der Waals surface area contributed by atoms with E-state index in [1.54, 1.807) is 7.11 Å². The Morgan fingerprint density at radius 3 is 2.72 bits per heavy atom. The molecule has 1 atom stereocenters. The van der Waals surface area contributed by atoms with Gasteiger partial charge in [-0.15, -0.1) is 0 Å². The summed E-state index contributed by atoms with van der Waals surface area (Å²) < 4.78 is 6.52. The Morgan fingerprint density at radius 1 is 1.44 bits per heavy atom. The molecule has 1 unspecified atom stereocenters. The smallest absolute Gasteiger partial charge is 0.143 e. The van der Waals surface area contributed by atoms with E-state index in [-0.39, 0.29) is 0 Å². The highest BCUT2D eigenvalue weighted by atomic mass is 79.9. The van der Waals surface area contributed by atoms with Crippen LogP contribution in [0.3, 0.4) is 0 Å². The molecule has 0 amide bonds. The minimum absolute atomic E-state index is 0.504. The van der Waals surface area contributed by atoms with Crippen LogP contribution in [0.1, 0.15) is 38.2 Å². The van der Waals surface area contributed by atoms with E-state index in [0.717, 1.165) is 21.8 Å². The lowest BCUT2D eigenvalue weighted by Crippen LogP contribution is -2.23. The van der Waals surface area contributed by atoms with Gasteiger partial charge in [-0.25, -0.2) is 0 Å². The number of rotatable bonds is 5. The molecule has 0 bridgehead atoms. The first-order valence-corrected chi connectivity index (χ1v) is 7.50. The minimum Gasteiger partial charge on any atom is -0.495 e. The van der Waals surface area contributed by atoms with E-state index < -0.39 is 0 Å². The fourth-order valence-electron chi connectivity index (χ4n) is 2.59. The number of benzene rings is 1. The molecule has 2 rings (SSSR count). The van der Waals surface area contributed by atoms with Crippen LogP contribution >= 0.6 is 15.9 Å². The van der Waals surface area contributed by atoms with Crippen LogP contribution in [0.15, 0.2) is 16.6 Å². The number of methoxy groups -OCH3 is 1. The second-order valence-corrected chi connectivity index (χ2v) is 6.29. The van der Waals surface area contributed by atoms with Gasteiger partial charge in [0.2, 0.25) is 0 Å². The van der Waals surface area contributed by atoms with Gasteiger partial charge in [0, 0.05) is 10.5 Å². The Balaban J connectivity index is 2.06. The molecule has 3 heteroatoms. The molecule has 1 aliphatic rings. The van der Waals surface area contributed by atoms with Crippen LogP contribution in [-0.4, -0.2) is 13.2 Å². The number of ether oxygens (including phenoxy) is 1. The van der Waals surface area contributed by atoms with Gasteiger partial charge >= 0.3 is 0 Å². The fourth-order valence-corrected chi connectivity index (χ4v) is 3.14. The van der Waals surface area contributed by atoms with Crippen molar-refractivity contribution in [2.45, 2.75) is 45.6 Å². The van der Waals surface area contributed by atoms with Gasteiger partial charge in [-0.2, -0.15) is 0 Å². The molecule has 1 N–H and O–H groups in total. The number of anilines is 1. The summed E-state index contributed by atoms with van der Waals surface area (Å²) in [4.78, 5) is 0. The van der Waals surface area contributed by atoms with E-state index in [4.69, 9.17) is 4.74 Å². The number of halogens is 1. The standard InChI is InChI=1S/C15H22BrNO/c1-10-7-13(16)9-14(18-3)15(10)17-11(2)8-12-5-4-6-12/h7,9,11-12,17H,4-6,8H2,1-3H3. The van der Waals surface area contributed by atoms with Gasteiger partial charge in [0.15, 0.2) is 0 Å². The van der Waals surface area contributed by atoms with Gasteiger partial charge in [0.1, 0.15) is 5.75 Å². The third-order valence-corrected chi connectivity index (χ3v) is 4.24. The Bertz CT molecular complexity index is 415. The SMILES string of the molecule is COc1cc(Br)cc(C)c1NC(C)CC1CCC1. The normalized spacial score (nSPS) is 17.1. The molecule has 0 spiro atoms. The summed E-state index contributed by atoms with van der Waals surface area (Å²) in [6.45, 7) is 4.38. The molecule has 100 valence electrons. The third kappa shape index (κ3) is 3.19. The molecule has 0 aromatic heterocycles.